The topological polar surface area (TPSA) is 41.6 Å². The van der Waals surface area contributed by atoms with Crippen LogP contribution >= 0.6 is 0 Å². The number of esters is 1. The van der Waals surface area contributed by atoms with Gasteiger partial charge in [-0.15, -0.1) is 0 Å². The van der Waals surface area contributed by atoms with E-state index in [1.54, 1.807) is 0 Å². The lowest BCUT2D eigenvalue weighted by molar-refractivity contribution is -0.159. The SMILES string of the molecule is O=C1OC(CN2CCC3CCC(C2)N3)CC1(F)F. The van der Waals surface area contributed by atoms with Gasteiger partial charge in [0.25, 0.3) is 0 Å². The van der Waals surface area contributed by atoms with Gasteiger partial charge in [0.15, 0.2) is 0 Å². The van der Waals surface area contributed by atoms with Crippen LogP contribution < -0.4 is 5.32 Å². The third-order valence-electron chi connectivity index (χ3n) is 4.13. The fourth-order valence-electron chi connectivity index (χ4n) is 3.22. The van der Waals surface area contributed by atoms with Crippen molar-refractivity contribution < 1.29 is 18.3 Å². The van der Waals surface area contributed by atoms with Crippen LogP contribution in [0.2, 0.25) is 0 Å². The summed E-state index contributed by atoms with van der Waals surface area (Å²) in [5, 5.41) is 3.54. The first-order valence-electron chi connectivity index (χ1n) is 6.60. The number of ether oxygens (including phenoxy) is 1. The average molecular weight is 260 g/mol. The van der Waals surface area contributed by atoms with Crippen LogP contribution in [0.25, 0.3) is 0 Å². The predicted octanol–water partition coefficient (Wildman–Crippen LogP) is 0.763. The minimum atomic E-state index is -3.28. The monoisotopic (exact) mass is 260 g/mol. The quantitative estimate of drug-likeness (QED) is 0.744. The molecule has 18 heavy (non-hydrogen) atoms. The first-order valence-corrected chi connectivity index (χ1v) is 6.60. The summed E-state index contributed by atoms with van der Waals surface area (Å²) < 4.78 is 30.9. The molecule has 3 heterocycles. The lowest BCUT2D eigenvalue weighted by atomic mass is 10.1. The minimum Gasteiger partial charge on any atom is -0.456 e. The predicted molar refractivity (Wildman–Crippen MR) is 60.4 cm³/mol. The lowest BCUT2D eigenvalue weighted by Crippen LogP contribution is -2.39. The van der Waals surface area contributed by atoms with Gasteiger partial charge in [-0.1, -0.05) is 0 Å². The summed E-state index contributed by atoms with van der Waals surface area (Å²) in [4.78, 5) is 13.1. The summed E-state index contributed by atoms with van der Waals surface area (Å²) in [6.45, 7) is 2.20. The van der Waals surface area contributed by atoms with Gasteiger partial charge < -0.3 is 10.1 Å². The van der Waals surface area contributed by atoms with E-state index in [0.717, 1.165) is 25.9 Å². The normalized spacial score (nSPS) is 39.7. The molecule has 0 amide bonds. The van der Waals surface area contributed by atoms with E-state index in [1.807, 2.05) is 0 Å². The van der Waals surface area contributed by atoms with E-state index in [1.165, 1.54) is 6.42 Å². The van der Waals surface area contributed by atoms with Crippen LogP contribution in [0.4, 0.5) is 8.78 Å². The van der Waals surface area contributed by atoms with Crippen molar-refractivity contribution in [2.75, 3.05) is 19.6 Å². The number of carbonyl (C=O) groups is 1. The van der Waals surface area contributed by atoms with Crippen LogP contribution in [0.5, 0.6) is 0 Å². The van der Waals surface area contributed by atoms with Gasteiger partial charge in [-0.3, -0.25) is 4.90 Å². The number of fused-ring (bicyclic) bond motifs is 2. The zero-order valence-electron chi connectivity index (χ0n) is 10.2. The van der Waals surface area contributed by atoms with Crippen LogP contribution in [0.1, 0.15) is 25.7 Å². The number of hydrogen-bond donors (Lipinski definition) is 1. The summed E-state index contributed by atoms with van der Waals surface area (Å²) in [5.41, 5.74) is 0. The fourth-order valence-corrected chi connectivity index (χ4v) is 3.22. The van der Waals surface area contributed by atoms with Gasteiger partial charge in [-0.2, -0.15) is 8.78 Å². The summed E-state index contributed by atoms with van der Waals surface area (Å²) in [7, 11) is 0. The Morgan fingerprint density at radius 1 is 1.33 bits per heavy atom. The van der Waals surface area contributed by atoms with Crippen LogP contribution in [-0.2, 0) is 9.53 Å². The van der Waals surface area contributed by atoms with Crippen LogP contribution in [0.3, 0.4) is 0 Å². The molecular formula is C12H18F2N2O2. The van der Waals surface area contributed by atoms with E-state index in [0.29, 0.717) is 18.6 Å². The zero-order valence-corrected chi connectivity index (χ0v) is 10.2. The number of cyclic esters (lactones) is 1. The van der Waals surface area contributed by atoms with Crippen molar-refractivity contribution in [3.05, 3.63) is 0 Å². The summed E-state index contributed by atoms with van der Waals surface area (Å²) >= 11 is 0. The van der Waals surface area contributed by atoms with Crippen LogP contribution in [-0.4, -0.2) is 54.6 Å². The molecule has 2 bridgehead atoms. The fraction of sp³-hybridized carbons (Fsp3) is 0.917. The molecule has 3 fully saturated rings. The summed E-state index contributed by atoms with van der Waals surface area (Å²) in [5.74, 6) is -4.64. The number of halogens is 2. The van der Waals surface area contributed by atoms with Crippen molar-refractivity contribution >= 4 is 5.97 Å². The molecule has 3 aliphatic rings. The van der Waals surface area contributed by atoms with Gasteiger partial charge in [-0.25, -0.2) is 4.79 Å². The Bertz CT molecular complexity index is 351. The standard InChI is InChI=1S/C12H18F2N2O2/c13-12(14)5-10(18-11(12)17)7-16-4-3-8-1-2-9(6-16)15-8/h8-10,15H,1-7H2. The summed E-state index contributed by atoms with van der Waals surface area (Å²) in [6.07, 6.45) is 2.30. The van der Waals surface area contributed by atoms with Gasteiger partial charge in [0.05, 0.1) is 6.42 Å². The number of alkyl halides is 2. The molecule has 6 heteroatoms. The second kappa shape index (κ2) is 4.42. The molecule has 3 rings (SSSR count). The highest BCUT2D eigenvalue weighted by atomic mass is 19.3. The highest BCUT2D eigenvalue weighted by Gasteiger charge is 2.51. The van der Waals surface area contributed by atoms with Crippen LogP contribution in [0, 0.1) is 0 Å². The van der Waals surface area contributed by atoms with E-state index >= 15 is 0 Å². The minimum absolute atomic E-state index is 0.437. The molecule has 1 N–H and O–H groups in total. The third-order valence-corrected chi connectivity index (χ3v) is 4.13. The van der Waals surface area contributed by atoms with Crippen molar-refractivity contribution in [3.8, 4) is 0 Å². The smallest absolute Gasteiger partial charge is 0.377 e. The van der Waals surface area contributed by atoms with E-state index in [9.17, 15) is 13.6 Å². The molecule has 0 radical (unpaired) electrons. The molecule has 0 aromatic carbocycles. The third kappa shape index (κ3) is 2.36. The van der Waals surface area contributed by atoms with Crippen molar-refractivity contribution in [2.24, 2.45) is 0 Å². The largest absolute Gasteiger partial charge is 0.456 e. The van der Waals surface area contributed by atoms with Crippen molar-refractivity contribution in [1.29, 1.82) is 0 Å². The zero-order chi connectivity index (χ0) is 12.8. The molecule has 0 saturated carbocycles. The van der Waals surface area contributed by atoms with E-state index in [-0.39, 0.29) is 0 Å². The second-order valence-electron chi connectivity index (χ2n) is 5.62. The number of nitrogens with one attached hydrogen (secondary N) is 1. The Morgan fingerprint density at radius 3 is 2.83 bits per heavy atom. The molecule has 0 aromatic heterocycles. The van der Waals surface area contributed by atoms with E-state index in [4.69, 9.17) is 4.74 Å². The number of likely N-dealkylation sites (tertiary alicyclic amines) is 1. The molecule has 3 atom stereocenters. The van der Waals surface area contributed by atoms with Gasteiger partial charge in [0, 0.05) is 25.2 Å². The molecule has 4 nitrogen and oxygen atoms in total. The van der Waals surface area contributed by atoms with Gasteiger partial charge in [-0.05, 0) is 25.8 Å². The number of hydrogen-bond acceptors (Lipinski definition) is 4. The van der Waals surface area contributed by atoms with Crippen LogP contribution in [0.15, 0.2) is 0 Å². The molecule has 0 spiro atoms. The van der Waals surface area contributed by atoms with Crippen molar-refractivity contribution in [3.63, 3.8) is 0 Å². The lowest BCUT2D eigenvalue weighted by Gasteiger charge is -2.25. The molecule has 0 aromatic rings. The highest BCUT2D eigenvalue weighted by molar-refractivity contribution is 5.79. The van der Waals surface area contributed by atoms with Gasteiger partial charge in [0.2, 0.25) is 0 Å². The van der Waals surface area contributed by atoms with E-state index in [2.05, 4.69) is 10.2 Å². The maximum absolute atomic E-state index is 13.1. The molecule has 3 saturated heterocycles. The van der Waals surface area contributed by atoms with Gasteiger partial charge >= 0.3 is 11.9 Å². The number of nitrogens with zero attached hydrogens (tertiary/aromatic N) is 1. The van der Waals surface area contributed by atoms with Gasteiger partial charge in [0.1, 0.15) is 6.10 Å². The molecule has 102 valence electrons. The maximum Gasteiger partial charge on any atom is 0.377 e. The summed E-state index contributed by atoms with van der Waals surface area (Å²) in [6, 6.07) is 1.04. The Morgan fingerprint density at radius 2 is 2.11 bits per heavy atom. The Hall–Kier alpha value is -0.750. The maximum atomic E-state index is 13.1. The van der Waals surface area contributed by atoms with Crippen molar-refractivity contribution in [2.45, 2.75) is 49.8 Å². The Labute approximate surface area is 105 Å². The number of rotatable bonds is 2. The first-order chi connectivity index (χ1) is 8.53. The Kier molecular flexibility index (Phi) is 3.02. The van der Waals surface area contributed by atoms with E-state index < -0.39 is 24.4 Å². The Balaban J connectivity index is 1.56. The molecule has 0 aliphatic carbocycles. The number of carbonyl (C=O) groups excluding carboxylic acids is 1. The molecule has 3 aliphatic heterocycles. The molecule has 3 unspecified atom stereocenters. The highest BCUT2D eigenvalue weighted by Crippen LogP contribution is 2.31. The first kappa shape index (κ1) is 12.3. The van der Waals surface area contributed by atoms with Crippen molar-refractivity contribution in [1.82, 2.24) is 10.2 Å². The second-order valence-corrected chi connectivity index (χ2v) is 5.62. The molecular weight excluding hydrogens is 242 g/mol. The average Bonchev–Trinajstić information content (AvgIpc) is 2.72.